The number of para-hydroxylation sites is 1. The minimum atomic E-state index is -0.264. The molecule has 82 valence electrons. The molecule has 0 N–H and O–H groups in total. The highest BCUT2D eigenvalue weighted by Crippen LogP contribution is 2.27. The molecule has 0 radical (unpaired) electrons. The van der Waals surface area contributed by atoms with E-state index < -0.39 is 0 Å². The van der Waals surface area contributed by atoms with Gasteiger partial charge in [-0.25, -0.2) is 4.68 Å². The zero-order valence-electron chi connectivity index (χ0n) is 8.74. The van der Waals surface area contributed by atoms with E-state index in [9.17, 15) is 0 Å². The van der Waals surface area contributed by atoms with E-state index in [2.05, 4.69) is 5.10 Å². The van der Waals surface area contributed by atoms with Crippen molar-refractivity contribution in [3.8, 4) is 5.69 Å². The quantitative estimate of drug-likeness (QED) is 0.769. The first-order chi connectivity index (χ1) is 7.95. The average molecular weight is 216 g/mol. The lowest BCUT2D eigenvalue weighted by Crippen LogP contribution is -2.05. The van der Waals surface area contributed by atoms with Gasteiger partial charge in [-0.2, -0.15) is 5.10 Å². The zero-order valence-corrected chi connectivity index (χ0v) is 8.74. The van der Waals surface area contributed by atoms with Gasteiger partial charge in [0.2, 0.25) is 0 Å². The lowest BCUT2D eigenvalue weighted by molar-refractivity contribution is -0.0441. The SMILES string of the molecule is c1ccc(-n2cccn2)c(C2OCCO2)c1. The molecule has 2 heterocycles. The number of hydrogen-bond acceptors (Lipinski definition) is 3. The first-order valence-electron chi connectivity index (χ1n) is 5.27. The monoisotopic (exact) mass is 216 g/mol. The minimum absolute atomic E-state index is 0.264. The van der Waals surface area contributed by atoms with Gasteiger partial charge in [-0.3, -0.25) is 0 Å². The van der Waals surface area contributed by atoms with Crippen molar-refractivity contribution >= 4 is 0 Å². The summed E-state index contributed by atoms with van der Waals surface area (Å²) >= 11 is 0. The van der Waals surface area contributed by atoms with Crippen molar-refractivity contribution in [3.63, 3.8) is 0 Å². The molecule has 1 aliphatic rings. The number of aromatic nitrogens is 2. The van der Waals surface area contributed by atoms with Gasteiger partial charge in [0.25, 0.3) is 0 Å². The van der Waals surface area contributed by atoms with Crippen LogP contribution < -0.4 is 0 Å². The fourth-order valence-corrected chi connectivity index (χ4v) is 1.84. The standard InChI is InChI=1S/C12H12N2O2/c1-2-5-11(14-7-3-6-13-14)10(4-1)12-15-8-9-16-12/h1-7,12H,8-9H2. The van der Waals surface area contributed by atoms with Crippen molar-refractivity contribution < 1.29 is 9.47 Å². The summed E-state index contributed by atoms with van der Waals surface area (Å²) in [5.74, 6) is 0. The Morgan fingerprint density at radius 3 is 2.69 bits per heavy atom. The van der Waals surface area contributed by atoms with Crippen LogP contribution in [-0.2, 0) is 9.47 Å². The molecule has 0 unspecified atom stereocenters. The molecule has 1 aliphatic heterocycles. The highest BCUT2D eigenvalue weighted by atomic mass is 16.7. The Kier molecular flexibility index (Phi) is 2.44. The van der Waals surface area contributed by atoms with Crippen molar-refractivity contribution in [2.24, 2.45) is 0 Å². The maximum atomic E-state index is 5.51. The number of hydrogen-bond donors (Lipinski definition) is 0. The summed E-state index contributed by atoms with van der Waals surface area (Å²) in [7, 11) is 0. The average Bonchev–Trinajstić information content (AvgIpc) is 3.03. The molecule has 0 spiro atoms. The molecular weight excluding hydrogens is 204 g/mol. The second kappa shape index (κ2) is 4.08. The Morgan fingerprint density at radius 2 is 1.94 bits per heavy atom. The Labute approximate surface area is 93.4 Å². The van der Waals surface area contributed by atoms with Crippen LogP contribution >= 0.6 is 0 Å². The molecule has 1 aromatic heterocycles. The number of nitrogens with zero attached hydrogens (tertiary/aromatic N) is 2. The Balaban J connectivity index is 2.04. The molecule has 0 aliphatic carbocycles. The van der Waals surface area contributed by atoms with E-state index in [0.29, 0.717) is 13.2 Å². The van der Waals surface area contributed by atoms with Gasteiger partial charge in [0, 0.05) is 18.0 Å². The summed E-state index contributed by atoms with van der Waals surface area (Å²) in [5, 5.41) is 4.22. The van der Waals surface area contributed by atoms with Gasteiger partial charge in [0.15, 0.2) is 6.29 Å². The second-order valence-electron chi connectivity index (χ2n) is 3.58. The van der Waals surface area contributed by atoms with Gasteiger partial charge < -0.3 is 9.47 Å². The fraction of sp³-hybridized carbons (Fsp3) is 0.250. The lowest BCUT2D eigenvalue weighted by atomic mass is 10.1. The first-order valence-corrected chi connectivity index (χ1v) is 5.27. The van der Waals surface area contributed by atoms with E-state index in [1.54, 1.807) is 6.20 Å². The minimum Gasteiger partial charge on any atom is -0.346 e. The van der Waals surface area contributed by atoms with Crippen LogP contribution in [0, 0.1) is 0 Å². The topological polar surface area (TPSA) is 36.3 Å². The highest BCUT2D eigenvalue weighted by Gasteiger charge is 2.21. The van der Waals surface area contributed by atoms with Crippen LogP contribution in [0.1, 0.15) is 11.9 Å². The fourth-order valence-electron chi connectivity index (χ4n) is 1.84. The van der Waals surface area contributed by atoms with E-state index >= 15 is 0 Å². The van der Waals surface area contributed by atoms with Crippen molar-refractivity contribution in [1.82, 2.24) is 9.78 Å². The number of rotatable bonds is 2. The van der Waals surface area contributed by atoms with E-state index in [0.717, 1.165) is 11.3 Å². The molecule has 0 atom stereocenters. The summed E-state index contributed by atoms with van der Waals surface area (Å²) in [5.41, 5.74) is 2.02. The van der Waals surface area contributed by atoms with E-state index in [1.165, 1.54) is 0 Å². The van der Waals surface area contributed by atoms with Gasteiger partial charge in [0.05, 0.1) is 18.9 Å². The third kappa shape index (κ3) is 1.62. The molecule has 2 aromatic rings. The van der Waals surface area contributed by atoms with Crippen LogP contribution in [0.25, 0.3) is 5.69 Å². The van der Waals surface area contributed by atoms with Crippen molar-refractivity contribution in [3.05, 3.63) is 48.3 Å². The molecule has 0 saturated carbocycles. The second-order valence-corrected chi connectivity index (χ2v) is 3.58. The predicted octanol–water partition coefficient (Wildman–Crippen LogP) is 1.92. The van der Waals surface area contributed by atoms with Gasteiger partial charge in [-0.1, -0.05) is 18.2 Å². The molecule has 1 saturated heterocycles. The van der Waals surface area contributed by atoms with E-state index in [4.69, 9.17) is 9.47 Å². The maximum Gasteiger partial charge on any atom is 0.186 e. The third-order valence-electron chi connectivity index (χ3n) is 2.56. The Hall–Kier alpha value is -1.65. The summed E-state index contributed by atoms with van der Waals surface area (Å²) in [6, 6.07) is 9.87. The van der Waals surface area contributed by atoms with E-state index in [1.807, 2.05) is 41.2 Å². The van der Waals surface area contributed by atoms with Crippen LogP contribution in [0.5, 0.6) is 0 Å². The molecule has 1 fully saturated rings. The first kappa shape index (κ1) is 9.57. The third-order valence-corrected chi connectivity index (χ3v) is 2.56. The molecule has 4 heteroatoms. The predicted molar refractivity (Wildman–Crippen MR) is 58.2 cm³/mol. The Morgan fingerprint density at radius 1 is 1.12 bits per heavy atom. The normalized spacial score (nSPS) is 16.8. The van der Waals surface area contributed by atoms with Crippen LogP contribution in [0.3, 0.4) is 0 Å². The van der Waals surface area contributed by atoms with Crippen molar-refractivity contribution in [1.29, 1.82) is 0 Å². The molecule has 3 rings (SSSR count). The van der Waals surface area contributed by atoms with Gasteiger partial charge in [-0.05, 0) is 12.1 Å². The molecule has 0 bridgehead atoms. The van der Waals surface area contributed by atoms with Crippen molar-refractivity contribution in [2.45, 2.75) is 6.29 Å². The molecule has 16 heavy (non-hydrogen) atoms. The summed E-state index contributed by atoms with van der Waals surface area (Å²) in [6.07, 6.45) is 3.40. The van der Waals surface area contributed by atoms with Crippen LogP contribution in [0.4, 0.5) is 0 Å². The zero-order chi connectivity index (χ0) is 10.8. The number of ether oxygens (including phenoxy) is 2. The largest absolute Gasteiger partial charge is 0.346 e. The van der Waals surface area contributed by atoms with Gasteiger partial charge in [-0.15, -0.1) is 0 Å². The lowest BCUT2D eigenvalue weighted by Gasteiger charge is -2.14. The molecule has 1 aromatic carbocycles. The maximum absolute atomic E-state index is 5.51. The van der Waals surface area contributed by atoms with E-state index in [-0.39, 0.29) is 6.29 Å². The van der Waals surface area contributed by atoms with Gasteiger partial charge >= 0.3 is 0 Å². The molecule has 0 amide bonds. The highest BCUT2D eigenvalue weighted by molar-refractivity contribution is 5.41. The summed E-state index contributed by atoms with van der Waals surface area (Å²) < 4.78 is 12.8. The Bertz CT molecular complexity index is 462. The number of benzene rings is 1. The van der Waals surface area contributed by atoms with Gasteiger partial charge in [0.1, 0.15) is 0 Å². The molecular formula is C12H12N2O2. The van der Waals surface area contributed by atoms with Crippen molar-refractivity contribution in [2.75, 3.05) is 13.2 Å². The van der Waals surface area contributed by atoms with Crippen LogP contribution in [0.2, 0.25) is 0 Å². The van der Waals surface area contributed by atoms with Crippen LogP contribution in [0.15, 0.2) is 42.7 Å². The summed E-state index contributed by atoms with van der Waals surface area (Å²) in [4.78, 5) is 0. The smallest absolute Gasteiger partial charge is 0.186 e. The summed E-state index contributed by atoms with van der Waals surface area (Å²) in [6.45, 7) is 1.30. The molecule has 4 nitrogen and oxygen atoms in total. The van der Waals surface area contributed by atoms with Crippen LogP contribution in [-0.4, -0.2) is 23.0 Å².